The lowest BCUT2D eigenvalue weighted by Crippen LogP contribution is -2.16. The molecule has 0 saturated carbocycles. The summed E-state index contributed by atoms with van der Waals surface area (Å²) in [5.41, 5.74) is 3.73. The van der Waals surface area contributed by atoms with Crippen molar-refractivity contribution >= 4 is 23.3 Å². The Morgan fingerprint density at radius 3 is 2.58 bits per heavy atom. The molecule has 31 heavy (non-hydrogen) atoms. The molecule has 0 aliphatic carbocycles. The van der Waals surface area contributed by atoms with Crippen LogP contribution in [0.15, 0.2) is 65.4 Å². The van der Waals surface area contributed by atoms with Crippen LogP contribution >= 0.6 is 11.6 Å². The summed E-state index contributed by atoms with van der Waals surface area (Å²) in [6.45, 7) is 2.31. The fourth-order valence-electron chi connectivity index (χ4n) is 3.31. The number of anilines is 1. The maximum absolute atomic E-state index is 13.4. The predicted octanol–water partition coefficient (Wildman–Crippen LogP) is 5.26. The lowest BCUT2D eigenvalue weighted by molar-refractivity contribution is -0.116. The average molecular weight is 439 g/mol. The molecule has 0 saturated heterocycles. The minimum Gasteiger partial charge on any atom is -0.344 e. The van der Waals surface area contributed by atoms with Crippen LogP contribution in [-0.4, -0.2) is 20.6 Å². The Labute approximate surface area is 183 Å². The van der Waals surface area contributed by atoms with Gasteiger partial charge in [-0.05, 0) is 54.8 Å². The fraction of sp³-hybridized carbons (Fsp3) is 0.174. The first-order valence-corrected chi connectivity index (χ1v) is 10.1. The average Bonchev–Trinajstić information content (AvgIpc) is 3.30. The van der Waals surface area contributed by atoms with Gasteiger partial charge in [-0.2, -0.15) is 0 Å². The van der Waals surface area contributed by atoms with Crippen molar-refractivity contribution in [1.82, 2.24) is 14.7 Å². The summed E-state index contributed by atoms with van der Waals surface area (Å²) in [6, 6.07) is 15.9. The van der Waals surface area contributed by atoms with Gasteiger partial charge in [-0.3, -0.25) is 4.79 Å². The van der Waals surface area contributed by atoms with E-state index in [0.29, 0.717) is 41.3 Å². The van der Waals surface area contributed by atoms with Gasteiger partial charge >= 0.3 is 0 Å². The van der Waals surface area contributed by atoms with E-state index in [2.05, 4.69) is 15.5 Å². The second kappa shape index (κ2) is 9.14. The molecular formula is C23H20ClFN4O2. The van der Waals surface area contributed by atoms with Crippen molar-refractivity contribution in [1.29, 1.82) is 0 Å². The van der Waals surface area contributed by atoms with Crippen LogP contribution < -0.4 is 5.32 Å². The highest BCUT2D eigenvalue weighted by atomic mass is 35.5. The number of benzene rings is 2. The number of nitrogens with one attached hydrogen (secondary N) is 1. The van der Waals surface area contributed by atoms with E-state index in [1.807, 2.05) is 34.9 Å². The van der Waals surface area contributed by atoms with Crippen molar-refractivity contribution < 1.29 is 13.7 Å². The van der Waals surface area contributed by atoms with Crippen molar-refractivity contribution in [3.63, 3.8) is 0 Å². The first kappa shape index (κ1) is 20.8. The number of aryl methyl sites for hydroxylation is 1. The molecule has 4 rings (SSSR count). The van der Waals surface area contributed by atoms with Gasteiger partial charge in [0.2, 0.25) is 11.1 Å². The maximum atomic E-state index is 13.4. The summed E-state index contributed by atoms with van der Waals surface area (Å²) in [4.78, 5) is 17.2. The van der Waals surface area contributed by atoms with Gasteiger partial charge in [-0.25, -0.2) is 9.37 Å². The smallest absolute Gasteiger partial charge is 0.229 e. The van der Waals surface area contributed by atoms with E-state index < -0.39 is 0 Å². The van der Waals surface area contributed by atoms with E-state index in [9.17, 15) is 9.18 Å². The molecule has 0 fully saturated rings. The highest BCUT2D eigenvalue weighted by molar-refractivity contribution is 6.29. The molecule has 0 radical (unpaired) electrons. The molecule has 2 heterocycles. The van der Waals surface area contributed by atoms with Gasteiger partial charge in [0.05, 0.1) is 18.6 Å². The van der Waals surface area contributed by atoms with Crippen molar-refractivity contribution in [2.24, 2.45) is 0 Å². The van der Waals surface area contributed by atoms with Gasteiger partial charge in [-0.1, -0.05) is 35.5 Å². The zero-order valence-corrected chi connectivity index (χ0v) is 17.6. The molecular weight excluding hydrogens is 419 g/mol. The molecule has 8 heteroatoms. The number of halogens is 2. The van der Waals surface area contributed by atoms with Crippen LogP contribution in [0.2, 0.25) is 5.22 Å². The number of hydrogen-bond donors (Lipinski definition) is 1. The number of amides is 1. The molecule has 2 aromatic carbocycles. The van der Waals surface area contributed by atoms with Crippen molar-refractivity contribution in [2.75, 3.05) is 5.32 Å². The van der Waals surface area contributed by atoms with E-state index in [1.165, 1.54) is 12.1 Å². The van der Waals surface area contributed by atoms with Crippen LogP contribution in [0.4, 0.5) is 10.2 Å². The molecule has 0 atom stereocenters. The van der Waals surface area contributed by atoms with Crippen LogP contribution in [-0.2, 0) is 17.8 Å². The van der Waals surface area contributed by atoms with Gasteiger partial charge in [0, 0.05) is 17.5 Å². The van der Waals surface area contributed by atoms with Gasteiger partial charge in [0.1, 0.15) is 17.3 Å². The third kappa shape index (κ3) is 4.83. The highest BCUT2D eigenvalue weighted by Gasteiger charge is 2.18. The Hall–Kier alpha value is -3.45. The Bertz CT molecular complexity index is 1170. The molecule has 6 nitrogen and oxygen atoms in total. The van der Waals surface area contributed by atoms with E-state index in [1.54, 1.807) is 25.4 Å². The quantitative estimate of drug-likeness (QED) is 0.427. The number of nitrogens with zero attached hydrogens (tertiary/aromatic N) is 3. The third-order valence-electron chi connectivity index (χ3n) is 4.95. The molecule has 0 unspecified atom stereocenters. The number of rotatable bonds is 7. The summed E-state index contributed by atoms with van der Waals surface area (Å²) in [6.07, 6.45) is 2.27. The van der Waals surface area contributed by atoms with Crippen LogP contribution in [0, 0.1) is 12.7 Å². The summed E-state index contributed by atoms with van der Waals surface area (Å²) in [5, 5.41) is 6.98. The molecule has 2 aromatic heterocycles. The van der Waals surface area contributed by atoms with Crippen molar-refractivity contribution in [3.8, 4) is 11.3 Å². The molecule has 0 spiro atoms. The number of hydrogen-bond acceptors (Lipinski definition) is 4. The van der Waals surface area contributed by atoms with E-state index in [0.717, 1.165) is 5.56 Å². The van der Waals surface area contributed by atoms with E-state index in [4.69, 9.17) is 16.1 Å². The standard InChI is InChI=1S/C23H20ClFN4O2/c1-15-19(22(24)31-28-15)11-12-20(30)27-23-21(17-7-9-18(25)10-8-17)26-14-29(23)13-16-5-3-2-4-6-16/h2-10,14H,11-13H2,1H3,(H,27,30). The number of carbonyl (C=O) groups is 1. The second-order valence-corrected chi connectivity index (χ2v) is 7.47. The lowest BCUT2D eigenvalue weighted by atomic mass is 10.1. The lowest BCUT2D eigenvalue weighted by Gasteiger charge is -2.12. The summed E-state index contributed by atoms with van der Waals surface area (Å²) < 4.78 is 20.2. The highest BCUT2D eigenvalue weighted by Crippen LogP contribution is 2.28. The van der Waals surface area contributed by atoms with Crippen LogP contribution in [0.25, 0.3) is 11.3 Å². The van der Waals surface area contributed by atoms with Gasteiger partial charge in [0.15, 0.2) is 0 Å². The van der Waals surface area contributed by atoms with Gasteiger partial charge in [-0.15, -0.1) is 0 Å². The zero-order valence-electron chi connectivity index (χ0n) is 16.8. The largest absolute Gasteiger partial charge is 0.344 e. The monoisotopic (exact) mass is 438 g/mol. The molecule has 0 bridgehead atoms. The summed E-state index contributed by atoms with van der Waals surface area (Å²) in [7, 11) is 0. The Morgan fingerprint density at radius 2 is 1.90 bits per heavy atom. The fourth-order valence-corrected chi connectivity index (χ4v) is 3.57. The molecule has 1 amide bonds. The number of imidazole rings is 1. The summed E-state index contributed by atoms with van der Waals surface area (Å²) >= 11 is 6.00. The molecule has 0 aliphatic rings. The van der Waals surface area contributed by atoms with Crippen molar-refractivity contribution in [2.45, 2.75) is 26.3 Å². The van der Waals surface area contributed by atoms with E-state index >= 15 is 0 Å². The predicted molar refractivity (Wildman–Crippen MR) is 116 cm³/mol. The first-order valence-electron chi connectivity index (χ1n) is 9.76. The van der Waals surface area contributed by atoms with Crippen LogP contribution in [0.5, 0.6) is 0 Å². The van der Waals surface area contributed by atoms with Crippen LogP contribution in [0.1, 0.15) is 23.2 Å². The maximum Gasteiger partial charge on any atom is 0.229 e. The van der Waals surface area contributed by atoms with Gasteiger partial charge in [0.25, 0.3) is 0 Å². The number of carbonyl (C=O) groups excluding carboxylic acids is 1. The minimum absolute atomic E-state index is 0.196. The van der Waals surface area contributed by atoms with E-state index in [-0.39, 0.29) is 23.4 Å². The normalized spacial score (nSPS) is 10.9. The molecule has 0 aliphatic heterocycles. The van der Waals surface area contributed by atoms with Crippen LogP contribution in [0.3, 0.4) is 0 Å². The zero-order chi connectivity index (χ0) is 21.8. The number of aromatic nitrogens is 3. The third-order valence-corrected chi connectivity index (χ3v) is 5.24. The SMILES string of the molecule is Cc1noc(Cl)c1CCC(=O)Nc1c(-c2ccc(F)cc2)ncn1Cc1ccccc1. The Balaban J connectivity index is 1.59. The molecule has 158 valence electrons. The Morgan fingerprint density at radius 1 is 1.16 bits per heavy atom. The summed E-state index contributed by atoms with van der Waals surface area (Å²) in [5.74, 6) is 0.0162. The van der Waals surface area contributed by atoms with Gasteiger partial charge < -0.3 is 14.4 Å². The topological polar surface area (TPSA) is 73.0 Å². The van der Waals surface area contributed by atoms with Crippen molar-refractivity contribution in [3.05, 3.63) is 88.8 Å². The molecule has 1 N–H and O–H groups in total. The second-order valence-electron chi connectivity index (χ2n) is 7.13. The molecule has 4 aromatic rings. The first-order chi connectivity index (χ1) is 15.0. The Kier molecular flexibility index (Phi) is 6.13. The minimum atomic E-state index is -0.334.